The molecule has 3 amide bonds. The number of carbonyl (C=O) groups excluding carboxylic acids is 3. The van der Waals surface area contributed by atoms with Crippen LogP contribution in [0.4, 0.5) is 5.69 Å². The summed E-state index contributed by atoms with van der Waals surface area (Å²) in [4.78, 5) is 34.9. The highest BCUT2D eigenvalue weighted by Crippen LogP contribution is 2.19. The SMILES string of the molecule is Cc1cc(NC(=O)C(=O)NCCC2=CCCCC2)ccc1C(N)=O. The van der Waals surface area contributed by atoms with Gasteiger partial charge in [0, 0.05) is 17.8 Å². The first-order valence-electron chi connectivity index (χ1n) is 8.15. The second-order valence-electron chi connectivity index (χ2n) is 5.96. The van der Waals surface area contributed by atoms with Gasteiger partial charge in [0.25, 0.3) is 0 Å². The largest absolute Gasteiger partial charge is 0.366 e. The summed E-state index contributed by atoms with van der Waals surface area (Å²) in [5.41, 5.74) is 8.06. The van der Waals surface area contributed by atoms with Gasteiger partial charge in [0.15, 0.2) is 0 Å². The molecule has 0 fully saturated rings. The molecule has 1 aromatic carbocycles. The Bertz CT molecular complexity index is 680. The molecule has 0 spiro atoms. The van der Waals surface area contributed by atoms with Crippen molar-refractivity contribution in [2.24, 2.45) is 5.73 Å². The van der Waals surface area contributed by atoms with Gasteiger partial charge in [-0.25, -0.2) is 0 Å². The number of carbonyl (C=O) groups is 3. The molecule has 1 aliphatic rings. The van der Waals surface area contributed by atoms with E-state index in [2.05, 4.69) is 16.7 Å². The Morgan fingerprint density at radius 2 is 1.96 bits per heavy atom. The maximum absolute atomic E-state index is 11.9. The van der Waals surface area contributed by atoms with E-state index < -0.39 is 17.7 Å². The Labute approximate surface area is 141 Å². The zero-order valence-electron chi connectivity index (χ0n) is 13.9. The molecule has 6 heteroatoms. The van der Waals surface area contributed by atoms with Gasteiger partial charge in [0.05, 0.1) is 0 Å². The third-order valence-electron chi connectivity index (χ3n) is 4.07. The summed E-state index contributed by atoms with van der Waals surface area (Å²) in [5, 5.41) is 5.15. The molecule has 0 aliphatic heterocycles. The summed E-state index contributed by atoms with van der Waals surface area (Å²) < 4.78 is 0. The summed E-state index contributed by atoms with van der Waals surface area (Å²) in [6, 6.07) is 4.68. The molecule has 6 nitrogen and oxygen atoms in total. The van der Waals surface area contributed by atoms with E-state index in [0.717, 1.165) is 19.3 Å². The van der Waals surface area contributed by atoms with Crippen molar-refractivity contribution in [3.63, 3.8) is 0 Å². The van der Waals surface area contributed by atoms with Crippen molar-refractivity contribution in [2.75, 3.05) is 11.9 Å². The molecule has 0 heterocycles. The fourth-order valence-corrected chi connectivity index (χ4v) is 2.75. The molecule has 0 bridgehead atoms. The summed E-state index contributed by atoms with van der Waals surface area (Å²) in [7, 11) is 0. The van der Waals surface area contributed by atoms with E-state index in [-0.39, 0.29) is 0 Å². The van der Waals surface area contributed by atoms with E-state index >= 15 is 0 Å². The highest BCUT2D eigenvalue weighted by atomic mass is 16.2. The fraction of sp³-hybridized carbons (Fsp3) is 0.389. The van der Waals surface area contributed by atoms with Crippen LogP contribution in [-0.2, 0) is 9.59 Å². The maximum atomic E-state index is 11.9. The minimum absolute atomic E-state index is 0.387. The average Bonchev–Trinajstić information content (AvgIpc) is 2.55. The Morgan fingerprint density at radius 1 is 1.17 bits per heavy atom. The number of anilines is 1. The number of primary amides is 1. The standard InChI is InChI=1S/C18H23N3O3/c1-12-11-14(7-8-15(12)16(19)22)21-18(24)17(23)20-10-9-13-5-3-2-4-6-13/h5,7-8,11H,2-4,6,9-10H2,1H3,(H2,19,22)(H,20,23)(H,21,24). The van der Waals surface area contributed by atoms with Crippen LogP contribution in [0.3, 0.4) is 0 Å². The predicted molar refractivity (Wildman–Crippen MR) is 92.5 cm³/mol. The highest BCUT2D eigenvalue weighted by Gasteiger charge is 2.14. The fourth-order valence-electron chi connectivity index (χ4n) is 2.75. The zero-order chi connectivity index (χ0) is 17.5. The van der Waals surface area contributed by atoms with Crippen molar-refractivity contribution in [1.29, 1.82) is 0 Å². The molecule has 1 aliphatic carbocycles. The lowest BCUT2D eigenvalue weighted by Gasteiger charge is -2.13. The molecule has 2 rings (SSSR count). The van der Waals surface area contributed by atoms with Crippen molar-refractivity contribution in [3.8, 4) is 0 Å². The molecule has 0 saturated heterocycles. The van der Waals surface area contributed by atoms with Crippen molar-refractivity contribution >= 4 is 23.4 Å². The first-order chi connectivity index (χ1) is 11.5. The number of benzene rings is 1. The number of hydrogen-bond donors (Lipinski definition) is 3. The number of amides is 3. The molecule has 1 aromatic rings. The molecular formula is C18H23N3O3. The van der Waals surface area contributed by atoms with Gasteiger partial charge in [-0.15, -0.1) is 0 Å². The Balaban J connectivity index is 1.83. The smallest absolute Gasteiger partial charge is 0.313 e. The third-order valence-corrected chi connectivity index (χ3v) is 4.07. The monoisotopic (exact) mass is 329 g/mol. The van der Waals surface area contributed by atoms with E-state index in [1.54, 1.807) is 19.1 Å². The van der Waals surface area contributed by atoms with Crippen molar-refractivity contribution in [2.45, 2.75) is 39.0 Å². The van der Waals surface area contributed by atoms with E-state index in [4.69, 9.17) is 5.73 Å². The zero-order valence-corrected chi connectivity index (χ0v) is 13.9. The number of allylic oxidation sites excluding steroid dienone is 1. The minimum Gasteiger partial charge on any atom is -0.366 e. The normalized spacial score (nSPS) is 13.8. The summed E-state index contributed by atoms with van der Waals surface area (Å²) in [6.07, 6.45) is 7.61. The molecule has 0 atom stereocenters. The van der Waals surface area contributed by atoms with Crippen LogP contribution in [-0.4, -0.2) is 24.3 Å². The van der Waals surface area contributed by atoms with Gasteiger partial charge in [-0.3, -0.25) is 14.4 Å². The van der Waals surface area contributed by atoms with Gasteiger partial charge >= 0.3 is 11.8 Å². The van der Waals surface area contributed by atoms with Crippen LogP contribution < -0.4 is 16.4 Å². The summed E-state index contributed by atoms with van der Waals surface area (Å²) in [6.45, 7) is 2.17. The molecule has 0 aromatic heterocycles. The molecule has 0 unspecified atom stereocenters. The topological polar surface area (TPSA) is 101 Å². The first-order valence-corrected chi connectivity index (χ1v) is 8.15. The molecule has 24 heavy (non-hydrogen) atoms. The van der Waals surface area contributed by atoms with E-state index in [9.17, 15) is 14.4 Å². The summed E-state index contributed by atoms with van der Waals surface area (Å²) in [5.74, 6) is -1.91. The molecule has 0 radical (unpaired) electrons. The van der Waals surface area contributed by atoms with E-state index in [0.29, 0.717) is 23.4 Å². The number of nitrogens with two attached hydrogens (primary N) is 1. The second-order valence-corrected chi connectivity index (χ2v) is 5.96. The van der Waals surface area contributed by atoms with E-state index in [1.807, 2.05) is 0 Å². The first kappa shape index (κ1) is 17.7. The number of nitrogens with one attached hydrogen (secondary N) is 2. The van der Waals surface area contributed by atoms with Crippen LogP contribution in [0.1, 0.15) is 48.0 Å². The van der Waals surface area contributed by atoms with Gasteiger partial charge in [0.2, 0.25) is 5.91 Å². The van der Waals surface area contributed by atoms with Crippen LogP contribution in [0.5, 0.6) is 0 Å². The van der Waals surface area contributed by atoms with Gasteiger partial charge in [-0.2, -0.15) is 0 Å². The van der Waals surface area contributed by atoms with Crippen LogP contribution >= 0.6 is 0 Å². The molecule has 4 N–H and O–H groups in total. The van der Waals surface area contributed by atoms with Crippen LogP contribution in [0.25, 0.3) is 0 Å². The Hall–Kier alpha value is -2.63. The molecule has 0 saturated carbocycles. The Morgan fingerprint density at radius 3 is 2.58 bits per heavy atom. The van der Waals surface area contributed by atoms with E-state index in [1.165, 1.54) is 24.5 Å². The quantitative estimate of drug-likeness (QED) is 0.569. The maximum Gasteiger partial charge on any atom is 0.313 e. The summed E-state index contributed by atoms with van der Waals surface area (Å²) >= 11 is 0. The lowest BCUT2D eigenvalue weighted by Crippen LogP contribution is -2.36. The van der Waals surface area contributed by atoms with Gasteiger partial charge in [0.1, 0.15) is 0 Å². The van der Waals surface area contributed by atoms with Gasteiger partial charge in [-0.1, -0.05) is 11.6 Å². The average molecular weight is 329 g/mol. The number of hydrogen-bond acceptors (Lipinski definition) is 3. The third kappa shape index (κ3) is 4.94. The van der Waals surface area contributed by atoms with Gasteiger partial charge in [-0.05, 0) is 62.8 Å². The lowest BCUT2D eigenvalue weighted by atomic mass is 9.97. The number of rotatable bonds is 5. The van der Waals surface area contributed by atoms with Crippen LogP contribution in [0.2, 0.25) is 0 Å². The minimum atomic E-state index is -0.723. The lowest BCUT2D eigenvalue weighted by molar-refractivity contribution is -0.136. The van der Waals surface area contributed by atoms with Gasteiger partial charge < -0.3 is 16.4 Å². The Kier molecular flexibility index (Phi) is 6.12. The van der Waals surface area contributed by atoms with Crippen molar-refractivity contribution < 1.29 is 14.4 Å². The molecular weight excluding hydrogens is 306 g/mol. The van der Waals surface area contributed by atoms with Crippen LogP contribution in [0.15, 0.2) is 29.8 Å². The number of aryl methyl sites for hydroxylation is 1. The second kappa shape index (κ2) is 8.29. The predicted octanol–water partition coefficient (Wildman–Crippen LogP) is 2.04. The van der Waals surface area contributed by atoms with Crippen molar-refractivity contribution in [3.05, 3.63) is 41.0 Å². The van der Waals surface area contributed by atoms with Crippen molar-refractivity contribution in [1.82, 2.24) is 5.32 Å². The molecule has 128 valence electrons. The van der Waals surface area contributed by atoms with Crippen LogP contribution in [0, 0.1) is 6.92 Å². The highest BCUT2D eigenvalue weighted by molar-refractivity contribution is 6.39.